The highest BCUT2D eigenvalue weighted by Crippen LogP contribution is 2.40. The fourth-order valence-corrected chi connectivity index (χ4v) is 5.71. The molecule has 5 nitrogen and oxygen atoms in total. The number of nitrogens with zero attached hydrogens (tertiary/aromatic N) is 2. The Kier molecular flexibility index (Phi) is 5.50. The van der Waals surface area contributed by atoms with Crippen LogP contribution < -0.4 is 0 Å². The number of fused-ring (bicyclic) bond motifs is 1. The van der Waals surface area contributed by atoms with Crippen LogP contribution in [-0.4, -0.2) is 52.8 Å². The monoisotopic (exact) mass is 429 g/mol. The minimum atomic E-state index is -0.527. The maximum Gasteiger partial charge on any atom is 0.233 e. The van der Waals surface area contributed by atoms with Crippen LogP contribution in [0.2, 0.25) is 0 Å². The molecule has 1 aromatic heterocycles. The molecule has 0 bridgehead atoms. The van der Waals surface area contributed by atoms with Crippen LogP contribution in [0.15, 0.2) is 60.8 Å². The first-order valence-corrected chi connectivity index (χ1v) is 11.7. The predicted octanol–water partition coefficient (Wildman–Crippen LogP) is 4.45. The number of piperidine rings is 2. The molecule has 2 aromatic carbocycles. The largest absolute Gasteiger partial charge is 0.361 e. The van der Waals surface area contributed by atoms with Crippen LogP contribution in [0, 0.1) is 0 Å². The highest BCUT2D eigenvalue weighted by atomic mass is 16.2. The summed E-state index contributed by atoms with van der Waals surface area (Å²) >= 11 is 0. The van der Waals surface area contributed by atoms with E-state index in [2.05, 4.69) is 52.5 Å². The molecule has 2 amide bonds. The number of amides is 2. The van der Waals surface area contributed by atoms with Crippen LogP contribution in [0.4, 0.5) is 0 Å². The van der Waals surface area contributed by atoms with Crippen molar-refractivity contribution in [1.29, 1.82) is 0 Å². The lowest BCUT2D eigenvalue weighted by atomic mass is 9.71. The molecule has 5 rings (SSSR count). The third-order valence-corrected chi connectivity index (χ3v) is 7.64. The van der Waals surface area contributed by atoms with E-state index in [1.54, 1.807) is 6.92 Å². The van der Waals surface area contributed by atoms with Gasteiger partial charge in [0.15, 0.2) is 0 Å². The molecule has 0 spiro atoms. The quantitative estimate of drug-likeness (QED) is 0.669. The average molecular weight is 430 g/mol. The van der Waals surface area contributed by atoms with E-state index in [1.807, 2.05) is 23.1 Å². The Morgan fingerprint density at radius 2 is 1.53 bits per heavy atom. The fourth-order valence-electron chi connectivity index (χ4n) is 5.71. The average Bonchev–Trinajstić information content (AvgIpc) is 3.28. The zero-order valence-corrected chi connectivity index (χ0v) is 18.7. The molecule has 0 saturated carbocycles. The van der Waals surface area contributed by atoms with E-state index in [-0.39, 0.29) is 11.8 Å². The van der Waals surface area contributed by atoms with Gasteiger partial charge in [0, 0.05) is 50.2 Å². The number of aromatic nitrogens is 1. The van der Waals surface area contributed by atoms with Gasteiger partial charge in [-0.05, 0) is 48.8 Å². The number of likely N-dealkylation sites (tertiary alicyclic amines) is 2. The summed E-state index contributed by atoms with van der Waals surface area (Å²) in [5.74, 6) is 0.811. The number of carbonyl (C=O) groups excluding carboxylic acids is 2. The van der Waals surface area contributed by atoms with E-state index in [0.717, 1.165) is 31.5 Å². The zero-order chi connectivity index (χ0) is 22.1. The summed E-state index contributed by atoms with van der Waals surface area (Å²) in [4.78, 5) is 33.2. The lowest BCUT2D eigenvalue weighted by Crippen LogP contribution is -2.54. The molecule has 0 unspecified atom stereocenters. The van der Waals surface area contributed by atoms with Crippen molar-refractivity contribution in [2.45, 2.75) is 43.9 Å². The standard InChI is InChI=1S/C27H31N3O2/c1-20(31)29-17-13-27(14-18-29,22-7-3-2-4-8-22)26(32)30-15-11-21(12-16-30)24-19-28-25-10-6-5-9-23(24)25/h2-10,19,21,28H,11-18H2,1H3. The summed E-state index contributed by atoms with van der Waals surface area (Å²) in [6, 6.07) is 18.7. The number of aromatic amines is 1. The fraction of sp³-hybridized carbons (Fsp3) is 0.407. The Bertz CT molecular complexity index is 1100. The number of hydrogen-bond donors (Lipinski definition) is 1. The van der Waals surface area contributed by atoms with E-state index >= 15 is 0 Å². The van der Waals surface area contributed by atoms with Crippen molar-refractivity contribution in [1.82, 2.24) is 14.8 Å². The molecule has 0 atom stereocenters. The van der Waals surface area contributed by atoms with Crippen molar-refractivity contribution in [2.24, 2.45) is 0 Å². The molecule has 5 heteroatoms. The number of hydrogen-bond acceptors (Lipinski definition) is 2. The van der Waals surface area contributed by atoms with Crippen molar-refractivity contribution in [3.8, 4) is 0 Å². The molecular formula is C27H31N3O2. The van der Waals surface area contributed by atoms with Crippen LogP contribution in [0.25, 0.3) is 10.9 Å². The Labute approximate surface area is 189 Å². The number of carbonyl (C=O) groups is 2. The Hall–Kier alpha value is -3.08. The SMILES string of the molecule is CC(=O)N1CCC(C(=O)N2CCC(c3c[nH]c4ccccc34)CC2)(c2ccccc2)CC1. The summed E-state index contributed by atoms with van der Waals surface area (Å²) < 4.78 is 0. The summed E-state index contributed by atoms with van der Waals surface area (Å²) in [5, 5.41) is 1.30. The summed E-state index contributed by atoms with van der Waals surface area (Å²) in [5.41, 5.74) is 3.12. The van der Waals surface area contributed by atoms with E-state index in [4.69, 9.17) is 0 Å². The van der Waals surface area contributed by atoms with Crippen molar-refractivity contribution in [2.75, 3.05) is 26.2 Å². The Morgan fingerprint density at radius 1 is 0.875 bits per heavy atom. The number of rotatable bonds is 3. The summed E-state index contributed by atoms with van der Waals surface area (Å²) in [6.45, 7) is 4.47. The second-order valence-electron chi connectivity index (χ2n) is 9.31. The molecule has 32 heavy (non-hydrogen) atoms. The van der Waals surface area contributed by atoms with Gasteiger partial charge in [0.2, 0.25) is 11.8 Å². The lowest BCUT2D eigenvalue weighted by Gasteiger charge is -2.45. The number of benzene rings is 2. The molecule has 2 aliphatic heterocycles. The molecular weight excluding hydrogens is 398 g/mol. The number of para-hydroxylation sites is 1. The highest BCUT2D eigenvalue weighted by molar-refractivity contribution is 5.89. The molecule has 3 heterocycles. The van der Waals surface area contributed by atoms with E-state index in [9.17, 15) is 9.59 Å². The topological polar surface area (TPSA) is 56.4 Å². The molecule has 3 aromatic rings. The van der Waals surface area contributed by atoms with Crippen LogP contribution in [0.5, 0.6) is 0 Å². The third kappa shape index (κ3) is 3.60. The Morgan fingerprint density at radius 3 is 2.22 bits per heavy atom. The molecule has 0 radical (unpaired) electrons. The minimum absolute atomic E-state index is 0.0960. The molecule has 0 aliphatic carbocycles. The molecule has 1 N–H and O–H groups in total. The van der Waals surface area contributed by atoms with Gasteiger partial charge in [-0.15, -0.1) is 0 Å². The van der Waals surface area contributed by atoms with Crippen LogP contribution in [-0.2, 0) is 15.0 Å². The van der Waals surface area contributed by atoms with Crippen molar-refractivity contribution >= 4 is 22.7 Å². The van der Waals surface area contributed by atoms with Gasteiger partial charge in [-0.3, -0.25) is 9.59 Å². The van der Waals surface area contributed by atoms with Gasteiger partial charge < -0.3 is 14.8 Å². The van der Waals surface area contributed by atoms with Gasteiger partial charge in [-0.2, -0.15) is 0 Å². The number of H-pyrrole nitrogens is 1. The van der Waals surface area contributed by atoms with Crippen LogP contribution in [0.3, 0.4) is 0 Å². The summed E-state index contributed by atoms with van der Waals surface area (Å²) in [7, 11) is 0. The van der Waals surface area contributed by atoms with Crippen molar-refractivity contribution in [3.05, 3.63) is 71.9 Å². The normalized spacial score (nSPS) is 19.3. The van der Waals surface area contributed by atoms with Gasteiger partial charge >= 0.3 is 0 Å². The maximum atomic E-state index is 14.0. The van der Waals surface area contributed by atoms with Crippen molar-refractivity contribution < 1.29 is 9.59 Å². The predicted molar refractivity (Wildman–Crippen MR) is 126 cm³/mol. The van der Waals surface area contributed by atoms with Gasteiger partial charge in [0.25, 0.3) is 0 Å². The van der Waals surface area contributed by atoms with Gasteiger partial charge in [0.1, 0.15) is 0 Å². The zero-order valence-electron chi connectivity index (χ0n) is 18.7. The van der Waals surface area contributed by atoms with Crippen molar-refractivity contribution in [3.63, 3.8) is 0 Å². The minimum Gasteiger partial charge on any atom is -0.361 e. The first-order chi connectivity index (χ1) is 15.6. The lowest BCUT2D eigenvalue weighted by molar-refractivity contribution is -0.143. The van der Waals surface area contributed by atoms with Gasteiger partial charge in [-0.1, -0.05) is 48.5 Å². The van der Waals surface area contributed by atoms with Crippen LogP contribution >= 0.6 is 0 Å². The third-order valence-electron chi connectivity index (χ3n) is 7.64. The van der Waals surface area contributed by atoms with E-state index in [1.165, 1.54) is 16.5 Å². The van der Waals surface area contributed by atoms with E-state index in [0.29, 0.717) is 31.8 Å². The molecule has 2 saturated heterocycles. The smallest absolute Gasteiger partial charge is 0.233 e. The van der Waals surface area contributed by atoms with Crippen LogP contribution in [0.1, 0.15) is 49.7 Å². The highest BCUT2D eigenvalue weighted by Gasteiger charge is 2.46. The second-order valence-corrected chi connectivity index (χ2v) is 9.31. The Balaban J connectivity index is 1.34. The van der Waals surface area contributed by atoms with Gasteiger partial charge in [-0.25, -0.2) is 0 Å². The van der Waals surface area contributed by atoms with Gasteiger partial charge in [0.05, 0.1) is 5.41 Å². The second kappa shape index (κ2) is 8.45. The molecule has 2 aliphatic rings. The first-order valence-electron chi connectivity index (χ1n) is 11.7. The molecule has 2 fully saturated rings. The number of nitrogens with one attached hydrogen (secondary N) is 1. The molecule has 166 valence electrons. The van der Waals surface area contributed by atoms with E-state index < -0.39 is 5.41 Å². The summed E-state index contributed by atoms with van der Waals surface area (Å²) in [6.07, 6.45) is 5.50. The maximum absolute atomic E-state index is 14.0. The first kappa shape index (κ1) is 20.8.